The SMILES string of the molecule is COc1ccccc1CNc1ccc(Br)c(C)n1. The lowest BCUT2D eigenvalue weighted by Crippen LogP contribution is -2.03. The largest absolute Gasteiger partial charge is 0.496 e. The van der Waals surface area contributed by atoms with Gasteiger partial charge in [0.15, 0.2) is 0 Å². The zero-order chi connectivity index (χ0) is 13.0. The van der Waals surface area contributed by atoms with E-state index in [1.165, 1.54) is 0 Å². The van der Waals surface area contributed by atoms with Crippen LogP contribution in [-0.4, -0.2) is 12.1 Å². The number of hydrogen-bond acceptors (Lipinski definition) is 3. The van der Waals surface area contributed by atoms with Gasteiger partial charge in [-0.25, -0.2) is 4.98 Å². The zero-order valence-corrected chi connectivity index (χ0v) is 12.0. The number of para-hydroxylation sites is 1. The third-order valence-electron chi connectivity index (χ3n) is 2.67. The van der Waals surface area contributed by atoms with Gasteiger partial charge in [-0.1, -0.05) is 18.2 Å². The van der Waals surface area contributed by atoms with Crippen molar-refractivity contribution in [3.8, 4) is 5.75 Å². The van der Waals surface area contributed by atoms with E-state index in [4.69, 9.17) is 4.74 Å². The summed E-state index contributed by atoms with van der Waals surface area (Å²) in [5.41, 5.74) is 2.09. The average molecular weight is 307 g/mol. The number of methoxy groups -OCH3 is 1. The molecule has 0 aliphatic heterocycles. The predicted molar refractivity (Wildman–Crippen MR) is 77.0 cm³/mol. The van der Waals surface area contributed by atoms with Crippen molar-refractivity contribution in [1.82, 2.24) is 4.98 Å². The van der Waals surface area contributed by atoms with Gasteiger partial charge >= 0.3 is 0 Å². The number of rotatable bonds is 4. The van der Waals surface area contributed by atoms with Crippen molar-refractivity contribution in [3.05, 3.63) is 52.1 Å². The molecule has 1 aromatic carbocycles. The number of aromatic nitrogens is 1. The highest BCUT2D eigenvalue weighted by Crippen LogP contribution is 2.20. The molecule has 2 aromatic rings. The van der Waals surface area contributed by atoms with Crippen molar-refractivity contribution in [3.63, 3.8) is 0 Å². The fourth-order valence-corrected chi connectivity index (χ4v) is 1.90. The van der Waals surface area contributed by atoms with Gasteiger partial charge in [-0.2, -0.15) is 0 Å². The second-order valence-electron chi connectivity index (χ2n) is 3.93. The molecule has 1 N–H and O–H groups in total. The van der Waals surface area contributed by atoms with Crippen molar-refractivity contribution in [2.24, 2.45) is 0 Å². The first-order chi connectivity index (χ1) is 8.70. The predicted octanol–water partition coefficient (Wildman–Crippen LogP) is 3.77. The fourth-order valence-electron chi connectivity index (χ4n) is 1.68. The molecular formula is C14H15BrN2O. The lowest BCUT2D eigenvalue weighted by molar-refractivity contribution is 0.410. The summed E-state index contributed by atoms with van der Waals surface area (Å²) in [5, 5.41) is 3.29. The standard InChI is InChI=1S/C14H15BrN2O/c1-10-12(15)7-8-14(17-10)16-9-11-5-3-4-6-13(11)18-2/h3-8H,9H2,1-2H3,(H,16,17). The molecule has 0 saturated heterocycles. The minimum absolute atomic E-state index is 0.693. The smallest absolute Gasteiger partial charge is 0.126 e. The van der Waals surface area contributed by atoms with Gasteiger partial charge in [-0.05, 0) is 41.1 Å². The molecule has 0 aliphatic rings. The van der Waals surface area contributed by atoms with Crippen LogP contribution in [0.25, 0.3) is 0 Å². The Morgan fingerprint density at radius 3 is 2.72 bits per heavy atom. The maximum Gasteiger partial charge on any atom is 0.126 e. The second-order valence-corrected chi connectivity index (χ2v) is 4.78. The molecule has 0 amide bonds. The molecule has 94 valence electrons. The third-order valence-corrected chi connectivity index (χ3v) is 3.51. The van der Waals surface area contributed by atoms with Gasteiger partial charge in [0.05, 0.1) is 12.8 Å². The first-order valence-electron chi connectivity index (χ1n) is 5.69. The Kier molecular flexibility index (Phi) is 4.20. The number of benzene rings is 1. The average Bonchev–Trinajstić information content (AvgIpc) is 2.40. The Labute approximate surface area is 115 Å². The summed E-state index contributed by atoms with van der Waals surface area (Å²) in [6.45, 7) is 2.66. The Morgan fingerprint density at radius 2 is 2.00 bits per heavy atom. The summed E-state index contributed by atoms with van der Waals surface area (Å²) in [7, 11) is 1.68. The van der Waals surface area contributed by atoms with E-state index in [9.17, 15) is 0 Å². The van der Waals surface area contributed by atoms with Crippen LogP contribution in [0.3, 0.4) is 0 Å². The van der Waals surface area contributed by atoms with E-state index in [-0.39, 0.29) is 0 Å². The summed E-state index contributed by atoms with van der Waals surface area (Å²) < 4.78 is 6.33. The molecule has 0 radical (unpaired) electrons. The van der Waals surface area contributed by atoms with Gasteiger partial charge in [0, 0.05) is 16.6 Å². The number of pyridine rings is 1. The molecule has 1 aromatic heterocycles. The molecule has 18 heavy (non-hydrogen) atoms. The maximum atomic E-state index is 5.31. The fraction of sp³-hybridized carbons (Fsp3) is 0.214. The van der Waals surface area contributed by atoms with E-state index < -0.39 is 0 Å². The quantitative estimate of drug-likeness (QED) is 0.933. The van der Waals surface area contributed by atoms with Crippen LogP contribution in [-0.2, 0) is 6.54 Å². The summed E-state index contributed by atoms with van der Waals surface area (Å²) in [6, 6.07) is 11.9. The molecule has 0 unspecified atom stereocenters. The van der Waals surface area contributed by atoms with E-state index in [1.54, 1.807) is 7.11 Å². The van der Waals surface area contributed by atoms with Gasteiger partial charge in [-0.15, -0.1) is 0 Å². The van der Waals surface area contributed by atoms with E-state index in [2.05, 4.69) is 26.2 Å². The molecule has 0 saturated carbocycles. The minimum atomic E-state index is 0.693. The van der Waals surface area contributed by atoms with Crippen LogP contribution >= 0.6 is 15.9 Å². The highest BCUT2D eigenvalue weighted by Gasteiger charge is 2.03. The summed E-state index contributed by atoms with van der Waals surface area (Å²) in [5.74, 6) is 1.75. The lowest BCUT2D eigenvalue weighted by atomic mass is 10.2. The maximum absolute atomic E-state index is 5.31. The monoisotopic (exact) mass is 306 g/mol. The van der Waals surface area contributed by atoms with Crippen LogP contribution in [0.5, 0.6) is 5.75 Å². The Bertz CT molecular complexity index is 543. The van der Waals surface area contributed by atoms with Crippen molar-refractivity contribution >= 4 is 21.7 Å². The van der Waals surface area contributed by atoms with Crippen LogP contribution in [0.15, 0.2) is 40.9 Å². The van der Waals surface area contributed by atoms with Gasteiger partial charge in [-0.3, -0.25) is 0 Å². The first-order valence-corrected chi connectivity index (χ1v) is 6.49. The van der Waals surface area contributed by atoms with Crippen molar-refractivity contribution in [1.29, 1.82) is 0 Å². The summed E-state index contributed by atoms with van der Waals surface area (Å²) in [4.78, 5) is 4.44. The van der Waals surface area contributed by atoms with Crippen LogP contribution in [0, 0.1) is 6.92 Å². The molecule has 4 heteroatoms. The normalized spacial score (nSPS) is 10.2. The number of hydrogen-bond donors (Lipinski definition) is 1. The molecular weight excluding hydrogens is 292 g/mol. The summed E-state index contributed by atoms with van der Waals surface area (Å²) in [6.07, 6.45) is 0. The topological polar surface area (TPSA) is 34.1 Å². The molecule has 0 bridgehead atoms. The van der Waals surface area contributed by atoms with E-state index in [0.29, 0.717) is 6.54 Å². The van der Waals surface area contributed by atoms with Crippen LogP contribution < -0.4 is 10.1 Å². The zero-order valence-electron chi connectivity index (χ0n) is 10.4. The van der Waals surface area contributed by atoms with Crippen molar-refractivity contribution < 1.29 is 4.74 Å². The summed E-state index contributed by atoms with van der Waals surface area (Å²) >= 11 is 3.44. The number of nitrogens with zero attached hydrogens (tertiary/aromatic N) is 1. The first kappa shape index (κ1) is 12.9. The molecule has 0 aliphatic carbocycles. The van der Waals surface area contributed by atoms with Crippen LogP contribution in [0.4, 0.5) is 5.82 Å². The third kappa shape index (κ3) is 3.01. The molecule has 0 spiro atoms. The van der Waals surface area contributed by atoms with Gasteiger partial charge in [0.2, 0.25) is 0 Å². The van der Waals surface area contributed by atoms with Crippen LogP contribution in [0.2, 0.25) is 0 Å². The van der Waals surface area contributed by atoms with E-state index >= 15 is 0 Å². The van der Waals surface area contributed by atoms with Gasteiger partial charge in [0.1, 0.15) is 11.6 Å². The van der Waals surface area contributed by atoms with Crippen LogP contribution in [0.1, 0.15) is 11.3 Å². The number of halogens is 1. The van der Waals surface area contributed by atoms with Gasteiger partial charge in [0.25, 0.3) is 0 Å². The number of ether oxygens (including phenoxy) is 1. The lowest BCUT2D eigenvalue weighted by Gasteiger charge is -2.10. The highest BCUT2D eigenvalue weighted by molar-refractivity contribution is 9.10. The van der Waals surface area contributed by atoms with Crippen molar-refractivity contribution in [2.45, 2.75) is 13.5 Å². The molecule has 0 atom stereocenters. The van der Waals surface area contributed by atoms with E-state index in [0.717, 1.165) is 27.3 Å². The second kappa shape index (κ2) is 5.87. The highest BCUT2D eigenvalue weighted by atomic mass is 79.9. The molecule has 2 rings (SSSR count). The molecule has 3 nitrogen and oxygen atoms in total. The minimum Gasteiger partial charge on any atom is -0.496 e. The van der Waals surface area contributed by atoms with Gasteiger partial charge < -0.3 is 10.1 Å². The molecule has 1 heterocycles. The number of nitrogens with one attached hydrogen (secondary N) is 1. The number of anilines is 1. The Balaban J connectivity index is 2.09. The Hall–Kier alpha value is -1.55. The van der Waals surface area contributed by atoms with E-state index in [1.807, 2.05) is 43.3 Å². The molecule has 0 fully saturated rings. The number of aryl methyl sites for hydroxylation is 1. The Morgan fingerprint density at radius 1 is 1.22 bits per heavy atom. The van der Waals surface area contributed by atoms with Crippen molar-refractivity contribution in [2.75, 3.05) is 12.4 Å².